The number of anilines is 2. The summed E-state index contributed by atoms with van der Waals surface area (Å²) in [7, 11) is 0. The highest BCUT2D eigenvalue weighted by molar-refractivity contribution is 5.80. The van der Waals surface area contributed by atoms with E-state index >= 15 is 0 Å². The predicted octanol–water partition coefficient (Wildman–Crippen LogP) is 4.24. The third kappa shape index (κ3) is 3.54. The summed E-state index contributed by atoms with van der Waals surface area (Å²) >= 11 is 0. The third-order valence-corrected chi connectivity index (χ3v) is 6.86. The van der Waals surface area contributed by atoms with E-state index in [9.17, 15) is 4.79 Å². The number of aryl methyl sites for hydroxylation is 1. The molecule has 3 aliphatic rings. The number of para-hydroxylation sites is 1. The summed E-state index contributed by atoms with van der Waals surface area (Å²) in [5.74, 6) is 1.46. The molecule has 5 heteroatoms. The van der Waals surface area contributed by atoms with E-state index < -0.39 is 0 Å². The molecule has 1 aliphatic carbocycles. The number of rotatable bonds is 4. The molecular weight excluding hydrogens is 336 g/mol. The molecule has 1 aromatic carbocycles. The Morgan fingerprint density at radius 1 is 1.19 bits per heavy atom. The molecule has 2 heterocycles. The number of carbonyl (C=O) groups is 1. The molecule has 2 N–H and O–H groups in total. The Morgan fingerprint density at radius 3 is 2.78 bits per heavy atom. The summed E-state index contributed by atoms with van der Waals surface area (Å²) in [6.45, 7) is 7.50. The first-order valence-electron chi connectivity index (χ1n) is 10.8. The normalized spacial score (nSPS) is 25.8. The van der Waals surface area contributed by atoms with Gasteiger partial charge in [-0.2, -0.15) is 0 Å². The van der Waals surface area contributed by atoms with Gasteiger partial charge in [0.05, 0.1) is 17.4 Å². The van der Waals surface area contributed by atoms with E-state index in [-0.39, 0.29) is 6.04 Å². The fraction of sp³-hybridized carbons (Fsp3) is 0.682. The molecule has 4 rings (SSSR count). The number of carbonyl (C=O) groups excluding carboxylic acids is 1. The average molecular weight is 371 g/mol. The summed E-state index contributed by atoms with van der Waals surface area (Å²) in [4.78, 5) is 15.6. The summed E-state index contributed by atoms with van der Waals surface area (Å²) in [6, 6.07) is 6.97. The van der Waals surface area contributed by atoms with Gasteiger partial charge in [-0.3, -0.25) is 9.80 Å². The first-order valence-corrected chi connectivity index (χ1v) is 10.8. The van der Waals surface area contributed by atoms with E-state index in [0.717, 1.165) is 23.8 Å². The van der Waals surface area contributed by atoms with Gasteiger partial charge in [0.2, 0.25) is 5.91 Å². The standard InChI is InChI=1S/C22H34N4O/c1-15(2)20(26-19-12-6-8-16(3)22(19)23-24-26)14-21(27)25-13-7-10-17-9-4-5-11-18(17)25/h6,8,12,15,17-18,20,23-24H,4-5,7,9-11,13-14H2,1-3H3. The molecule has 1 amide bonds. The van der Waals surface area contributed by atoms with E-state index in [1.807, 2.05) is 0 Å². The van der Waals surface area contributed by atoms with E-state index in [4.69, 9.17) is 0 Å². The highest BCUT2D eigenvalue weighted by Gasteiger charge is 2.38. The minimum absolute atomic E-state index is 0.136. The molecule has 0 aromatic heterocycles. The van der Waals surface area contributed by atoms with E-state index in [1.165, 1.54) is 44.1 Å². The van der Waals surface area contributed by atoms with Crippen LogP contribution in [0.25, 0.3) is 0 Å². The van der Waals surface area contributed by atoms with Crippen molar-refractivity contribution in [2.75, 3.05) is 17.0 Å². The molecule has 0 radical (unpaired) electrons. The number of fused-ring (bicyclic) bond motifs is 2. The smallest absolute Gasteiger partial charge is 0.224 e. The maximum Gasteiger partial charge on any atom is 0.224 e. The number of benzene rings is 1. The van der Waals surface area contributed by atoms with Crippen LogP contribution in [0.15, 0.2) is 18.2 Å². The van der Waals surface area contributed by atoms with Gasteiger partial charge in [0.25, 0.3) is 0 Å². The second kappa shape index (κ2) is 7.70. The Morgan fingerprint density at radius 2 is 1.96 bits per heavy atom. The van der Waals surface area contributed by atoms with Crippen LogP contribution in [0.5, 0.6) is 0 Å². The fourth-order valence-corrected chi connectivity index (χ4v) is 5.31. The van der Waals surface area contributed by atoms with Gasteiger partial charge in [-0.15, -0.1) is 5.53 Å². The Labute approximate surface area is 163 Å². The minimum atomic E-state index is 0.136. The van der Waals surface area contributed by atoms with Crippen LogP contribution in [0.1, 0.15) is 64.4 Å². The van der Waals surface area contributed by atoms with Gasteiger partial charge < -0.3 is 10.3 Å². The van der Waals surface area contributed by atoms with Gasteiger partial charge in [-0.25, -0.2) is 0 Å². The Kier molecular flexibility index (Phi) is 5.31. The molecule has 5 nitrogen and oxygen atoms in total. The lowest BCUT2D eigenvalue weighted by Gasteiger charge is -2.45. The quantitative estimate of drug-likeness (QED) is 0.832. The van der Waals surface area contributed by atoms with Gasteiger partial charge in [0, 0.05) is 19.0 Å². The van der Waals surface area contributed by atoms with Crippen molar-refractivity contribution in [3.8, 4) is 0 Å². The van der Waals surface area contributed by atoms with Crippen molar-refractivity contribution < 1.29 is 4.79 Å². The number of likely N-dealkylation sites (tertiary alicyclic amines) is 1. The van der Waals surface area contributed by atoms with Crippen molar-refractivity contribution in [3.63, 3.8) is 0 Å². The molecule has 27 heavy (non-hydrogen) atoms. The maximum absolute atomic E-state index is 13.4. The van der Waals surface area contributed by atoms with E-state index in [0.29, 0.717) is 24.3 Å². The lowest BCUT2D eigenvalue weighted by atomic mass is 9.78. The van der Waals surface area contributed by atoms with Crippen molar-refractivity contribution in [1.82, 2.24) is 10.4 Å². The highest BCUT2D eigenvalue weighted by atomic mass is 16.2. The van der Waals surface area contributed by atoms with Gasteiger partial charge >= 0.3 is 0 Å². The molecule has 2 aliphatic heterocycles. The number of nitrogens with one attached hydrogen (secondary N) is 2. The molecule has 1 saturated carbocycles. The van der Waals surface area contributed by atoms with Crippen LogP contribution < -0.4 is 16.0 Å². The van der Waals surface area contributed by atoms with E-state index in [2.05, 4.69) is 59.8 Å². The number of nitrogens with zero attached hydrogens (tertiary/aromatic N) is 2. The van der Waals surface area contributed by atoms with Gasteiger partial charge in [0.15, 0.2) is 0 Å². The van der Waals surface area contributed by atoms with Crippen molar-refractivity contribution in [2.24, 2.45) is 11.8 Å². The lowest BCUT2D eigenvalue weighted by molar-refractivity contribution is -0.138. The number of piperidine rings is 1. The molecule has 1 aromatic rings. The highest BCUT2D eigenvalue weighted by Crippen LogP contribution is 2.38. The monoisotopic (exact) mass is 370 g/mol. The molecule has 3 atom stereocenters. The fourth-order valence-electron chi connectivity index (χ4n) is 5.31. The molecule has 0 bridgehead atoms. The molecule has 3 unspecified atom stereocenters. The number of amides is 1. The van der Waals surface area contributed by atoms with Gasteiger partial charge in [-0.05, 0) is 56.1 Å². The molecule has 2 fully saturated rings. The molecule has 1 saturated heterocycles. The van der Waals surface area contributed by atoms with Crippen LogP contribution in [-0.4, -0.2) is 29.4 Å². The van der Waals surface area contributed by atoms with Crippen molar-refractivity contribution in [1.29, 1.82) is 0 Å². The molecule has 148 valence electrons. The molecule has 0 spiro atoms. The number of hydrogen-bond donors (Lipinski definition) is 2. The minimum Gasteiger partial charge on any atom is -0.339 e. The predicted molar refractivity (Wildman–Crippen MR) is 110 cm³/mol. The summed E-state index contributed by atoms with van der Waals surface area (Å²) in [5.41, 5.74) is 10.1. The zero-order valence-electron chi connectivity index (χ0n) is 17.0. The Bertz CT molecular complexity index is 687. The topological polar surface area (TPSA) is 47.6 Å². The van der Waals surface area contributed by atoms with Crippen molar-refractivity contribution >= 4 is 17.3 Å². The Hall–Kier alpha value is -1.75. The zero-order valence-corrected chi connectivity index (χ0v) is 17.0. The average Bonchev–Trinajstić information content (AvgIpc) is 3.10. The van der Waals surface area contributed by atoms with Crippen LogP contribution in [0, 0.1) is 18.8 Å². The van der Waals surface area contributed by atoms with Crippen LogP contribution in [-0.2, 0) is 4.79 Å². The van der Waals surface area contributed by atoms with Crippen molar-refractivity contribution in [3.05, 3.63) is 23.8 Å². The first kappa shape index (κ1) is 18.6. The number of hydrogen-bond acceptors (Lipinski definition) is 4. The van der Waals surface area contributed by atoms with Gasteiger partial charge in [-0.1, -0.05) is 38.8 Å². The lowest BCUT2D eigenvalue weighted by Crippen LogP contribution is -2.53. The second-order valence-corrected chi connectivity index (χ2v) is 8.93. The summed E-state index contributed by atoms with van der Waals surface area (Å²) < 4.78 is 0. The van der Waals surface area contributed by atoms with E-state index in [1.54, 1.807) is 0 Å². The van der Waals surface area contributed by atoms with Crippen LogP contribution >= 0.6 is 0 Å². The summed E-state index contributed by atoms with van der Waals surface area (Å²) in [5, 5.41) is 2.17. The molecular formula is C22H34N4O. The second-order valence-electron chi connectivity index (χ2n) is 8.93. The van der Waals surface area contributed by atoms with Crippen molar-refractivity contribution in [2.45, 2.75) is 77.8 Å². The third-order valence-electron chi connectivity index (χ3n) is 6.86. The SMILES string of the molecule is Cc1cccc2c1NNN2C(CC(=O)N1CCCC2CCCCC21)C(C)C. The largest absolute Gasteiger partial charge is 0.339 e. The maximum atomic E-state index is 13.4. The zero-order chi connectivity index (χ0) is 19.0. The van der Waals surface area contributed by atoms with Gasteiger partial charge in [0.1, 0.15) is 0 Å². The Balaban J connectivity index is 1.51. The number of hydrazine groups is 2. The van der Waals surface area contributed by atoms with Crippen LogP contribution in [0.4, 0.5) is 11.4 Å². The summed E-state index contributed by atoms with van der Waals surface area (Å²) in [6.07, 6.45) is 8.20. The van der Waals surface area contributed by atoms with Crippen LogP contribution in [0.3, 0.4) is 0 Å². The van der Waals surface area contributed by atoms with Crippen LogP contribution in [0.2, 0.25) is 0 Å². The first-order chi connectivity index (χ1) is 13.1.